The van der Waals surface area contributed by atoms with Crippen LogP contribution in [0.5, 0.6) is 0 Å². The number of carbonyl (C=O) groups is 2. The molecule has 1 unspecified atom stereocenters. The summed E-state index contributed by atoms with van der Waals surface area (Å²) in [5.41, 5.74) is 0.408. The van der Waals surface area contributed by atoms with Gasteiger partial charge in [-0.15, -0.1) is 11.8 Å². The standard InChI is InChI=1S/C23H26FN3O4S2/c1-16-13-23(29)27(15-22(28)25-19-8-4-3-7-18(19)24)20-14-17(9-10-21(20)32-16)33(30,31)26-11-5-2-6-12-26/h3-4,7-10,14,16H,2,5-6,11-13,15H2,1H3,(H,25,28). The quantitative estimate of drug-likeness (QED) is 0.687. The lowest BCUT2D eigenvalue weighted by atomic mass is 10.2. The Balaban J connectivity index is 1.65. The van der Waals surface area contributed by atoms with E-state index in [4.69, 9.17) is 0 Å². The Morgan fingerprint density at radius 3 is 2.61 bits per heavy atom. The van der Waals surface area contributed by atoms with Crippen molar-refractivity contribution in [2.24, 2.45) is 0 Å². The van der Waals surface area contributed by atoms with Crippen molar-refractivity contribution in [1.29, 1.82) is 0 Å². The number of anilines is 2. The van der Waals surface area contributed by atoms with Crippen LogP contribution in [0.25, 0.3) is 0 Å². The Morgan fingerprint density at radius 2 is 1.88 bits per heavy atom. The van der Waals surface area contributed by atoms with E-state index in [2.05, 4.69) is 5.32 Å². The van der Waals surface area contributed by atoms with Crippen molar-refractivity contribution in [3.63, 3.8) is 0 Å². The van der Waals surface area contributed by atoms with Crippen LogP contribution in [0.4, 0.5) is 15.8 Å². The van der Waals surface area contributed by atoms with Crippen molar-refractivity contribution in [2.45, 2.75) is 47.6 Å². The Morgan fingerprint density at radius 1 is 1.15 bits per heavy atom. The van der Waals surface area contributed by atoms with Crippen LogP contribution in [-0.2, 0) is 19.6 Å². The molecule has 2 aromatic rings. The van der Waals surface area contributed by atoms with Gasteiger partial charge in [0, 0.05) is 29.7 Å². The number of sulfonamides is 1. The number of amides is 2. The summed E-state index contributed by atoms with van der Waals surface area (Å²) in [4.78, 5) is 27.8. The van der Waals surface area contributed by atoms with Gasteiger partial charge in [-0.2, -0.15) is 4.31 Å². The molecule has 176 valence electrons. The summed E-state index contributed by atoms with van der Waals surface area (Å²) in [5, 5.41) is 2.45. The predicted octanol–water partition coefficient (Wildman–Crippen LogP) is 3.86. The molecule has 1 N–H and O–H groups in total. The van der Waals surface area contributed by atoms with E-state index in [1.807, 2.05) is 6.92 Å². The largest absolute Gasteiger partial charge is 0.322 e. The number of carbonyl (C=O) groups excluding carboxylic acids is 2. The number of nitrogens with one attached hydrogen (secondary N) is 1. The molecule has 1 fully saturated rings. The third-order valence-electron chi connectivity index (χ3n) is 5.71. The maximum absolute atomic E-state index is 14.0. The van der Waals surface area contributed by atoms with E-state index in [1.54, 1.807) is 18.2 Å². The van der Waals surface area contributed by atoms with Crippen LogP contribution >= 0.6 is 11.8 Å². The van der Waals surface area contributed by atoms with Crippen molar-refractivity contribution >= 4 is 45.0 Å². The molecule has 2 amide bonds. The van der Waals surface area contributed by atoms with Gasteiger partial charge in [0.25, 0.3) is 0 Å². The van der Waals surface area contributed by atoms with Crippen LogP contribution in [0.15, 0.2) is 52.3 Å². The van der Waals surface area contributed by atoms with Gasteiger partial charge >= 0.3 is 0 Å². The molecule has 2 aromatic carbocycles. The highest BCUT2D eigenvalue weighted by Crippen LogP contribution is 2.39. The van der Waals surface area contributed by atoms with Crippen LogP contribution in [-0.4, -0.2) is 49.4 Å². The fourth-order valence-electron chi connectivity index (χ4n) is 4.04. The zero-order valence-electron chi connectivity index (χ0n) is 18.3. The zero-order valence-corrected chi connectivity index (χ0v) is 19.9. The molecule has 1 atom stereocenters. The first-order chi connectivity index (χ1) is 15.8. The lowest BCUT2D eigenvalue weighted by Crippen LogP contribution is -2.39. The zero-order chi connectivity index (χ0) is 23.6. The molecule has 10 heteroatoms. The minimum atomic E-state index is -3.71. The number of piperidine rings is 1. The van der Waals surface area contributed by atoms with Gasteiger partial charge in [-0.05, 0) is 43.2 Å². The van der Waals surface area contributed by atoms with E-state index in [0.29, 0.717) is 18.8 Å². The molecule has 2 aliphatic rings. The summed E-state index contributed by atoms with van der Waals surface area (Å²) < 4.78 is 41.8. The molecule has 0 spiro atoms. The molecule has 2 aliphatic heterocycles. The number of fused-ring (bicyclic) bond motifs is 1. The fourth-order valence-corrected chi connectivity index (χ4v) is 6.67. The normalized spacial score (nSPS) is 19.6. The monoisotopic (exact) mass is 491 g/mol. The Kier molecular flexibility index (Phi) is 7.06. The number of hydrogen-bond acceptors (Lipinski definition) is 5. The highest BCUT2D eigenvalue weighted by molar-refractivity contribution is 8.00. The summed E-state index contributed by atoms with van der Waals surface area (Å²) in [5.74, 6) is -1.43. The van der Waals surface area contributed by atoms with Crippen LogP contribution < -0.4 is 10.2 Å². The smallest absolute Gasteiger partial charge is 0.244 e. The maximum atomic E-state index is 14.0. The molecule has 4 rings (SSSR count). The van der Waals surface area contributed by atoms with Crippen molar-refractivity contribution in [3.05, 3.63) is 48.3 Å². The number of thioether (sulfide) groups is 1. The topological polar surface area (TPSA) is 86.8 Å². The van der Waals surface area contributed by atoms with Gasteiger partial charge < -0.3 is 10.2 Å². The van der Waals surface area contributed by atoms with E-state index >= 15 is 0 Å². The lowest BCUT2D eigenvalue weighted by molar-refractivity contribution is -0.121. The lowest BCUT2D eigenvalue weighted by Gasteiger charge is -2.27. The molecule has 0 saturated carbocycles. The number of benzene rings is 2. The number of rotatable bonds is 5. The summed E-state index contributed by atoms with van der Waals surface area (Å²) in [6, 6.07) is 10.5. The van der Waals surface area contributed by atoms with Crippen LogP contribution in [0.2, 0.25) is 0 Å². The average molecular weight is 492 g/mol. The summed E-state index contributed by atoms with van der Waals surface area (Å²) in [7, 11) is -3.71. The predicted molar refractivity (Wildman–Crippen MR) is 126 cm³/mol. The van der Waals surface area contributed by atoms with Crippen LogP contribution in [0, 0.1) is 5.82 Å². The second-order valence-corrected chi connectivity index (χ2v) is 11.7. The average Bonchev–Trinajstić information content (AvgIpc) is 2.90. The van der Waals surface area contributed by atoms with Gasteiger partial charge in [0.2, 0.25) is 21.8 Å². The van der Waals surface area contributed by atoms with E-state index in [-0.39, 0.29) is 34.7 Å². The maximum Gasteiger partial charge on any atom is 0.244 e. The number of nitrogens with zero attached hydrogens (tertiary/aromatic N) is 2. The minimum Gasteiger partial charge on any atom is -0.322 e. The number of para-hydroxylation sites is 1. The van der Waals surface area contributed by atoms with Gasteiger partial charge in [0.15, 0.2) is 0 Å². The third kappa shape index (κ3) is 5.23. The van der Waals surface area contributed by atoms with Gasteiger partial charge in [0.1, 0.15) is 12.4 Å². The SMILES string of the molecule is CC1CC(=O)N(CC(=O)Nc2ccccc2F)c2cc(S(=O)(=O)N3CCCCC3)ccc2S1. The highest BCUT2D eigenvalue weighted by atomic mass is 32.2. The number of hydrogen-bond donors (Lipinski definition) is 1. The summed E-state index contributed by atoms with van der Waals surface area (Å²) >= 11 is 1.47. The molecular formula is C23H26FN3O4S2. The molecule has 2 heterocycles. The number of halogens is 1. The van der Waals surface area contributed by atoms with E-state index in [0.717, 1.165) is 24.2 Å². The first-order valence-electron chi connectivity index (χ1n) is 10.9. The Bertz CT molecular complexity index is 1170. The molecule has 1 saturated heterocycles. The Labute approximate surface area is 197 Å². The summed E-state index contributed by atoms with van der Waals surface area (Å²) in [6.45, 7) is 2.51. The fraction of sp³-hybridized carbons (Fsp3) is 0.391. The molecule has 33 heavy (non-hydrogen) atoms. The van der Waals surface area contributed by atoms with Crippen LogP contribution in [0.1, 0.15) is 32.6 Å². The molecular weight excluding hydrogens is 465 g/mol. The van der Waals surface area contributed by atoms with E-state index < -0.39 is 21.7 Å². The highest BCUT2D eigenvalue weighted by Gasteiger charge is 2.32. The molecule has 0 bridgehead atoms. The van der Waals surface area contributed by atoms with E-state index in [9.17, 15) is 22.4 Å². The molecule has 0 aliphatic carbocycles. The van der Waals surface area contributed by atoms with E-state index in [1.165, 1.54) is 45.2 Å². The Hall–Kier alpha value is -2.43. The van der Waals surface area contributed by atoms with Crippen LogP contribution in [0.3, 0.4) is 0 Å². The van der Waals surface area contributed by atoms with Crippen molar-refractivity contribution in [2.75, 3.05) is 29.9 Å². The second-order valence-electron chi connectivity index (χ2n) is 8.23. The van der Waals surface area contributed by atoms with Crippen molar-refractivity contribution in [3.8, 4) is 0 Å². The second kappa shape index (κ2) is 9.82. The van der Waals surface area contributed by atoms with Gasteiger partial charge in [-0.25, -0.2) is 12.8 Å². The molecule has 0 aromatic heterocycles. The first kappa shape index (κ1) is 23.7. The summed E-state index contributed by atoms with van der Waals surface area (Å²) in [6.07, 6.45) is 2.83. The van der Waals surface area contributed by atoms with Gasteiger partial charge in [-0.3, -0.25) is 9.59 Å². The van der Waals surface area contributed by atoms with Crippen molar-refractivity contribution in [1.82, 2.24) is 4.31 Å². The molecule has 0 radical (unpaired) electrons. The molecule has 7 nitrogen and oxygen atoms in total. The minimum absolute atomic E-state index is 0.0224. The van der Waals surface area contributed by atoms with Gasteiger partial charge in [0.05, 0.1) is 16.3 Å². The van der Waals surface area contributed by atoms with Crippen molar-refractivity contribution < 1.29 is 22.4 Å². The first-order valence-corrected chi connectivity index (χ1v) is 13.2. The van der Waals surface area contributed by atoms with Gasteiger partial charge in [-0.1, -0.05) is 25.5 Å². The third-order valence-corrected chi connectivity index (χ3v) is 8.78.